The van der Waals surface area contributed by atoms with Gasteiger partial charge in [0.05, 0.1) is 35.2 Å². The number of carbonyl (C=O) groups excluding carboxylic acids is 1. The topological polar surface area (TPSA) is 76.1 Å². The molecule has 2 rings (SSSR count). The molecular formula is C15H20N4O2S. The van der Waals surface area contributed by atoms with Gasteiger partial charge in [-0.2, -0.15) is 0 Å². The van der Waals surface area contributed by atoms with Crippen molar-refractivity contribution in [3.8, 4) is 5.88 Å². The number of carbonyl (C=O) groups is 1. The van der Waals surface area contributed by atoms with Gasteiger partial charge in [-0.25, -0.2) is 14.8 Å². The van der Waals surface area contributed by atoms with Gasteiger partial charge in [0.2, 0.25) is 5.88 Å². The van der Waals surface area contributed by atoms with E-state index in [2.05, 4.69) is 27.5 Å². The molecule has 0 spiro atoms. The Labute approximate surface area is 133 Å². The van der Waals surface area contributed by atoms with E-state index in [9.17, 15) is 4.79 Å². The van der Waals surface area contributed by atoms with Gasteiger partial charge in [0.25, 0.3) is 0 Å². The molecule has 0 saturated carbocycles. The molecule has 2 amide bonds. The largest absolute Gasteiger partial charge is 0.481 e. The van der Waals surface area contributed by atoms with E-state index in [1.54, 1.807) is 30.6 Å². The maximum absolute atomic E-state index is 12.1. The molecule has 2 heterocycles. The second-order valence-electron chi connectivity index (χ2n) is 4.83. The number of aromatic nitrogens is 2. The summed E-state index contributed by atoms with van der Waals surface area (Å²) in [5, 5.41) is 8.71. The number of hydrogen-bond donors (Lipinski definition) is 2. The van der Waals surface area contributed by atoms with Crippen molar-refractivity contribution in [1.82, 2.24) is 15.3 Å². The zero-order valence-electron chi connectivity index (χ0n) is 13.1. The molecule has 0 aliphatic carbocycles. The monoisotopic (exact) mass is 320 g/mol. The van der Waals surface area contributed by atoms with Gasteiger partial charge in [0.1, 0.15) is 0 Å². The van der Waals surface area contributed by atoms with Crippen LogP contribution in [-0.4, -0.2) is 23.1 Å². The minimum Gasteiger partial charge on any atom is -0.481 e. The summed E-state index contributed by atoms with van der Waals surface area (Å²) >= 11 is 1.61. The summed E-state index contributed by atoms with van der Waals surface area (Å²) in [4.78, 5) is 20.8. The number of amides is 2. The molecule has 0 radical (unpaired) electrons. The summed E-state index contributed by atoms with van der Waals surface area (Å²) in [5.41, 5.74) is 2.23. The van der Waals surface area contributed by atoms with Gasteiger partial charge in [0, 0.05) is 11.4 Å². The first-order chi connectivity index (χ1) is 10.5. The summed E-state index contributed by atoms with van der Waals surface area (Å²) in [6.45, 7) is 5.79. The predicted molar refractivity (Wildman–Crippen MR) is 87.6 cm³/mol. The Balaban J connectivity index is 1.97. The third kappa shape index (κ3) is 3.94. The molecule has 0 saturated heterocycles. The SMILES string of the molecule is CCc1nc(C(C)NC(=O)Nc2ccc(OC)nc2C)cs1. The first-order valence-electron chi connectivity index (χ1n) is 7.07. The summed E-state index contributed by atoms with van der Waals surface area (Å²) in [6, 6.07) is 3.04. The van der Waals surface area contributed by atoms with Crippen LogP contribution in [0.3, 0.4) is 0 Å². The van der Waals surface area contributed by atoms with E-state index < -0.39 is 0 Å². The van der Waals surface area contributed by atoms with Crippen LogP contribution in [0, 0.1) is 6.92 Å². The molecule has 0 fully saturated rings. The smallest absolute Gasteiger partial charge is 0.319 e. The zero-order chi connectivity index (χ0) is 16.1. The Bertz CT molecular complexity index is 657. The molecule has 0 aliphatic rings. The second-order valence-corrected chi connectivity index (χ2v) is 5.77. The third-order valence-corrected chi connectivity index (χ3v) is 4.19. The van der Waals surface area contributed by atoms with Crippen molar-refractivity contribution < 1.29 is 9.53 Å². The maximum Gasteiger partial charge on any atom is 0.319 e. The van der Waals surface area contributed by atoms with Crippen LogP contribution >= 0.6 is 11.3 Å². The van der Waals surface area contributed by atoms with Crippen molar-refractivity contribution in [2.45, 2.75) is 33.2 Å². The summed E-state index contributed by atoms with van der Waals surface area (Å²) in [7, 11) is 1.56. The first kappa shape index (κ1) is 16.2. The highest BCUT2D eigenvalue weighted by atomic mass is 32.1. The fourth-order valence-corrected chi connectivity index (χ4v) is 2.74. The van der Waals surface area contributed by atoms with Crippen LogP contribution in [0.2, 0.25) is 0 Å². The fourth-order valence-electron chi connectivity index (χ4n) is 1.90. The van der Waals surface area contributed by atoms with Crippen LogP contribution in [0.5, 0.6) is 5.88 Å². The molecule has 22 heavy (non-hydrogen) atoms. The Morgan fingerprint density at radius 2 is 2.18 bits per heavy atom. The number of methoxy groups -OCH3 is 1. The minimum absolute atomic E-state index is 0.150. The van der Waals surface area contributed by atoms with E-state index in [0.29, 0.717) is 17.3 Å². The number of pyridine rings is 1. The van der Waals surface area contributed by atoms with E-state index >= 15 is 0 Å². The minimum atomic E-state index is -0.284. The second kappa shape index (κ2) is 7.22. The van der Waals surface area contributed by atoms with Crippen LogP contribution in [-0.2, 0) is 6.42 Å². The third-order valence-electron chi connectivity index (χ3n) is 3.18. The lowest BCUT2D eigenvalue weighted by Crippen LogP contribution is -2.31. The molecule has 2 aromatic rings. The van der Waals surface area contributed by atoms with Crippen molar-refractivity contribution >= 4 is 23.1 Å². The Morgan fingerprint density at radius 1 is 1.41 bits per heavy atom. The van der Waals surface area contributed by atoms with Crippen molar-refractivity contribution in [2.24, 2.45) is 0 Å². The van der Waals surface area contributed by atoms with Crippen LogP contribution in [0.25, 0.3) is 0 Å². The highest BCUT2D eigenvalue weighted by Gasteiger charge is 2.13. The fraction of sp³-hybridized carbons (Fsp3) is 0.400. The first-order valence-corrected chi connectivity index (χ1v) is 7.95. The van der Waals surface area contributed by atoms with E-state index in [1.807, 2.05) is 19.2 Å². The summed E-state index contributed by atoms with van der Waals surface area (Å²) < 4.78 is 5.04. The molecule has 0 aromatic carbocycles. The highest BCUT2D eigenvalue weighted by Crippen LogP contribution is 2.19. The van der Waals surface area contributed by atoms with Gasteiger partial charge in [0.15, 0.2) is 0 Å². The number of urea groups is 1. The van der Waals surface area contributed by atoms with E-state index in [1.165, 1.54) is 0 Å². The number of anilines is 1. The standard InChI is InChI=1S/C15H20N4O2S/c1-5-14-18-12(8-22-14)10(3)17-15(20)19-11-6-7-13(21-4)16-9(11)2/h6-8,10H,5H2,1-4H3,(H2,17,19,20). The Hall–Kier alpha value is -2.15. The van der Waals surface area contributed by atoms with Crippen molar-refractivity contribution in [3.05, 3.63) is 33.9 Å². The van der Waals surface area contributed by atoms with Crippen molar-refractivity contribution in [2.75, 3.05) is 12.4 Å². The van der Waals surface area contributed by atoms with E-state index in [0.717, 1.165) is 17.1 Å². The molecule has 1 atom stereocenters. The molecule has 6 nitrogen and oxygen atoms in total. The number of nitrogens with one attached hydrogen (secondary N) is 2. The molecule has 0 bridgehead atoms. The normalized spacial score (nSPS) is 11.8. The molecule has 0 aliphatic heterocycles. The van der Waals surface area contributed by atoms with Crippen LogP contribution in [0.4, 0.5) is 10.5 Å². The number of ether oxygens (including phenoxy) is 1. The van der Waals surface area contributed by atoms with Crippen molar-refractivity contribution in [1.29, 1.82) is 0 Å². The van der Waals surface area contributed by atoms with E-state index in [-0.39, 0.29) is 12.1 Å². The average molecular weight is 320 g/mol. The number of nitrogens with zero attached hydrogens (tertiary/aromatic N) is 2. The lowest BCUT2D eigenvalue weighted by atomic mass is 10.2. The van der Waals surface area contributed by atoms with Crippen LogP contribution in [0.15, 0.2) is 17.5 Å². The lowest BCUT2D eigenvalue weighted by Gasteiger charge is -2.14. The number of aryl methyl sites for hydroxylation is 2. The number of rotatable bonds is 5. The van der Waals surface area contributed by atoms with Gasteiger partial charge in [-0.3, -0.25) is 0 Å². The van der Waals surface area contributed by atoms with Crippen LogP contribution < -0.4 is 15.4 Å². The lowest BCUT2D eigenvalue weighted by molar-refractivity contribution is 0.249. The molecule has 1 unspecified atom stereocenters. The highest BCUT2D eigenvalue weighted by molar-refractivity contribution is 7.09. The maximum atomic E-state index is 12.1. The van der Waals surface area contributed by atoms with Gasteiger partial charge in [-0.1, -0.05) is 6.92 Å². The summed E-state index contributed by atoms with van der Waals surface area (Å²) in [5.74, 6) is 0.520. The molecular weight excluding hydrogens is 300 g/mol. The quantitative estimate of drug-likeness (QED) is 0.886. The Morgan fingerprint density at radius 3 is 2.77 bits per heavy atom. The molecule has 118 valence electrons. The number of hydrogen-bond acceptors (Lipinski definition) is 5. The average Bonchev–Trinajstić information content (AvgIpc) is 2.98. The zero-order valence-corrected chi connectivity index (χ0v) is 14.0. The van der Waals surface area contributed by atoms with Gasteiger partial charge >= 0.3 is 6.03 Å². The molecule has 7 heteroatoms. The van der Waals surface area contributed by atoms with Gasteiger partial charge in [-0.15, -0.1) is 11.3 Å². The molecule has 2 aromatic heterocycles. The van der Waals surface area contributed by atoms with Crippen LogP contribution in [0.1, 0.15) is 36.3 Å². The van der Waals surface area contributed by atoms with Gasteiger partial charge < -0.3 is 15.4 Å². The Kier molecular flexibility index (Phi) is 5.32. The predicted octanol–water partition coefficient (Wildman–Crippen LogP) is 3.30. The van der Waals surface area contributed by atoms with Gasteiger partial charge in [-0.05, 0) is 26.3 Å². The molecule has 2 N–H and O–H groups in total. The number of thiazole rings is 1. The summed E-state index contributed by atoms with van der Waals surface area (Å²) in [6.07, 6.45) is 0.903. The van der Waals surface area contributed by atoms with Crippen molar-refractivity contribution in [3.63, 3.8) is 0 Å². The van der Waals surface area contributed by atoms with E-state index in [4.69, 9.17) is 4.74 Å².